The lowest BCUT2D eigenvalue weighted by molar-refractivity contribution is 0.171. The third-order valence-corrected chi connectivity index (χ3v) is 1.97. The highest BCUT2D eigenvalue weighted by Crippen LogP contribution is 2.34. The van der Waals surface area contributed by atoms with Gasteiger partial charge in [-0.25, -0.2) is 4.98 Å². The molecule has 0 saturated heterocycles. The molecule has 0 saturated carbocycles. The van der Waals surface area contributed by atoms with E-state index in [2.05, 4.69) is 4.98 Å². The standard InChI is InChI=1S/C9H12N2O2/c1-2-6-5-7-8(9(10)11-6)13-4-3-12-7/h5H,2-4H2,1H3,(H2,10,11). The molecule has 0 amide bonds. The molecule has 0 bridgehead atoms. The minimum Gasteiger partial charge on any atom is -0.486 e. The summed E-state index contributed by atoms with van der Waals surface area (Å²) in [6.45, 7) is 3.15. The van der Waals surface area contributed by atoms with Crippen LogP contribution in [0.5, 0.6) is 11.5 Å². The van der Waals surface area contributed by atoms with E-state index in [4.69, 9.17) is 15.2 Å². The zero-order chi connectivity index (χ0) is 9.26. The normalized spacial score (nSPS) is 14.2. The fourth-order valence-electron chi connectivity index (χ4n) is 1.31. The van der Waals surface area contributed by atoms with Crippen LogP contribution in [0.25, 0.3) is 0 Å². The van der Waals surface area contributed by atoms with Gasteiger partial charge in [0.15, 0.2) is 11.6 Å². The number of rotatable bonds is 1. The molecule has 13 heavy (non-hydrogen) atoms. The van der Waals surface area contributed by atoms with E-state index < -0.39 is 0 Å². The molecule has 2 rings (SSSR count). The van der Waals surface area contributed by atoms with E-state index in [1.807, 2.05) is 13.0 Å². The molecule has 1 aliphatic rings. The molecule has 1 aromatic heterocycles. The van der Waals surface area contributed by atoms with E-state index in [0.29, 0.717) is 24.8 Å². The first-order valence-electron chi connectivity index (χ1n) is 4.36. The zero-order valence-corrected chi connectivity index (χ0v) is 7.54. The average Bonchev–Trinajstić information content (AvgIpc) is 2.18. The van der Waals surface area contributed by atoms with Gasteiger partial charge in [-0.05, 0) is 6.42 Å². The third kappa shape index (κ3) is 1.39. The van der Waals surface area contributed by atoms with Crippen LogP contribution in [0.15, 0.2) is 6.07 Å². The van der Waals surface area contributed by atoms with Crippen molar-refractivity contribution in [3.63, 3.8) is 0 Å². The predicted octanol–water partition coefficient (Wildman–Crippen LogP) is 0.997. The van der Waals surface area contributed by atoms with Gasteiger partial charge in [0.25, 0.3) is 0 Å². The molecule has 1 aliphatic heterocycles. The summed E-state index contributed by atoms with van der Waals surface area (Å²) in [6, 6.07) is 1.88. The van der Waals surface area contributed by atoms with Crippen molar-refractivity contribution in [1.29, 1.82) is 0 Å². The van der Waals surface area contributed by atoms with Crippen LogP contribution < -0.4 is 15.2 Å². The molecule has 0 aromatic carbocycles. The summed E-state index contributed by atoms with van der Waals surface area (Å²) < 4.78 is 10.7. The summed E-state index contributed by atoms with van der Waals surface area (Å²) >= 11 is 0. The van der Waals surface area contributed by atoms with Gasteiger partial charge in [0.2, 0.25) is 5.75 Å². The van der Waals surface area contributed by atoms with Crippen LogP contribution in [0, 0.1) is 0 Å². The molecule has 0 fully saturated rings. The second kappa shape index (κ2) is 3.12. The minimum atomic E-state index is 0.425. The molecule has 0 unspecified atom stereocenters. The predicted molar refractivity (Wildman–Crippen MR) is 49.0 cm³/mol. The first-order chi connectivity index (χ1) is 6.31. The van der Waals surface area contributed by atoms with Gasteiger partial charge in [-0.3, -0.25) is 0 Å². The van der Waals surface area contributed by atoms with Crippen LogP contribution in [0.1, 0.15) is 12.6 Å². The molecule has 4 heteroatoms. The van der Waals surface area contributed by atoms with Crippen LogP contribution in [-0.2, 0) is 6.42 Å². The minimum absolute atomic E-state index is 0.425. The van der Waals surface area contributed by atoms with E-state index in [0.717, 1.165) is 17.9 Å². The highest BCUT2D eigenvalue weighted by atomic mass is 16.6. The number of aromatic nitrogens is 1. The Morgan fingerprint density at radius 3 is 3.00 bits per heavy atom. The molecule has 0 spiro atoms. The SMILES string of the molecule is CCc1cc2c(c(N)n1)OCCO2. The lowest BCUT2D eigenvalue weighted by Crippen LogP contribution is -2.17. The topological polar surface area (TPSA) is 57.4 Å². The Balaban J connectivity index is 2.47. The highest BCUT2D eigenvalue weighted by molar-refractivity contribution is 5.56. The summed E-state index contributed by atoms with van der Waals surface area (Å²) in [6.07, 6.45) is 0.848. The smallest absolute Gasteiger partial charge is 0.203 e. The summed E-state index contributed by atoms with van der Waals surface area (Å²) in [5, 5.41) is 0. The van der Waals surface area contributed by atoms with Gasteiger partial charge in [-0.15, -0.1) is 0 Å². The van der Waals surface area contributed by atoms with Gasteiger partial charge in [0, 0.05) is 11.8 Å². The Bertz CT molecular complexity index is 326. The lowest BCUT2D eigenvalue weighted by atomic mass is 10.2. The van der Waals surface area contributed by atoms with E-state index in [1.54, 1.807) is 0 Å². The van der Waals surface area contributed by atoms with Crippen LogP contribution in [0.2, 0.25) is 0 Å². The number of nitrogens with zero attached hydrogens (tertiary/aromatic N) is 1. The van der Waals surface area contributed by atoms with Crippen molar-refractivity contribution in [2.24, 2.45) is 0 Å². The Morgan fingerprint density at radius 1 is 1.46 bits per heavy atom. The Kier molecular flexibility index (Phi) is 1.96. The van der Waals surface area contributed by atoms with Crippen molar-refractivity contribution in [3.05, 3.63) is 11.8 Å². The number of fused-ring (bicyclic) bond motifs is 1. The van der Waals surface area contributed by atoms with Crippen molar-refractivity contribution in [1.82, 2.24) is 4.98 Å². The number of ether oxygens (including phenoxy) is 2. The van der Waals surface area contributed by atoms with Crippen molar-refractivity contribution in [2.75, 3.05) is 18.9 Å². The van der Waals surface area contributed by atoms with Crippen LogP contribution in [-0.4, -0.2) is 18.2 Å². The highest BCUT2D eigenvalue weighted by Gasteiger charge is 2.16. The third-order valence-electron chi connectivity index (χ3n) is 1.97. The largest absolute Gasteiger partial charge is 0.486 e. The second-order valence-electron chi connectivity index (χ2n) is 2.88. The number of pyridine rings is 1. The maximum Gasteiger partial charge on any atom is 0.203 e. The number of hydrogen-bond donors (Lipinski definition) is 1. The quantitative estimate of drug-likeness (QED) is 0.700. The molecule has 2 N–H and O–H groups in total. The molecular weight excluding hydrogens is 168 g/mol. The first kappa shape index (κ1) is 8.16. The number of anilines is 1. The zero-order valence-electron chi connectivity index (χ0n) is 7.54. The van der Waals surface area contributed by atoms with Gasteiger partial charge in [-0.2, -0.15) is 0 Å². The Labute approximate surface area is 76.7 Å². The fourth-order valence-corrected chi connectivity index (χ4v) is 1.31. The van der Waals surface area contributed by atoms with Crippen molar-refractivity contribution in [3.8, 4) is 11.5 Å². The summed E-state index contributed by atoms with van der Waals surface area (Å²) in [7, 11) is 0. The molecule has 0 atom stereocenters. The Hall–Kier alpha value is -1.45. The van der Waals surface area contributed by atoms with Crippen LogP contribution >= 0.6 is 0 Å². The molecule has 0 radical (unpaired) electrons. The number of nitrogen functional groups attached to an aromatic ring is 1. The molecule has 1 aromatic rings. The van der Waals surface area contributed by atoms with E-state index >= 15 is 0 Å². The Morgan fingerprint density at radius 2 is 2.23 bits per heavy atom. The number of hydrogen-bond acceptors (Lipinski definition) is 4. The van der Waals surface area contributed by atoms with Crippen LogP contribution in [0.4, 0.5) is 5.82 Å². The van der Waals surface area contributed by atoms with Crippen molar-refractivity contribution in [2.45, 2.75) is 13.3 Å². The first-order valence-corrected chi connectivity index (χ1v) is 4.36. The second-order valence-corrected chi connectivity index (χ2v) is 2.88. The fraction of sp³-hybridized carbons (Fsp3) is 0.444. The maximum absolute atomic E-state index is 5.70. The molecular formula is C9H12N2O2. The monoisotopic (exact) mass is 180 g/mol. The average molecular weight is 180 g/mol. The summed E-state index contributed by atoms with van der Waals surface area (Å²) in [5.74, 6) is 1.73. The van der Waals surface area contributed by atoms with Crippen molar-refractivity contribution < 1.29 is 9.47 Å². The van der Waals surface area contributed by atoms with Gasteiger partial charge < -0.3 is 15.2 Å². The van der Waals surface area contributed by atoms with Crippen molar-refractivity contribution >= 4 is 5.82 Å². The maximum atomic E-state index is 5.70. The number of nitrogens with two attached hydrogens (primary N) is 1. The molecule has 4 nitrogen and oxygen atoms in total. The van der Waals surface area contributed by atoms with Gasteiger partial charge in [-0.1, -0.05) is 6.92 Å². The van der Waals surface area contributed by atoms with E-state index in [-0.39, 0.29) is 0 Å². The number of aryl methyl sites for hydroxylation is 1. The van der Waals surface area contributed by atoms with Crippen LogP contribution in [0.3, 0.4) is 0 Å². The van der Waals surface area contributed by atoms with Gasteiger partial charge >= 0.3 is 0 Å². The van der Waals surface area contributed by atoms with Gasteiger partial charge in [0.1, 0.15) is 13.2 Å². The molecule has 0 aliphatic carbocycles. The molecule has 2 heterocycles. The van der Waals surface area contributed by atoms with Gasteiger partial charge in [0.05, 0.1) is 0 Å². The summed E-state index contributed by atoms with van der Waals surface area (Å²) in [4.78, 5) is 4.18. The van der Waals surface area contributed by atoms with E-state index in [9.17, 15) is 0 Å². The van der Waals surface area contributed by atoms with E-state index in [1.165, 1.54) is 0 Å². The summed E-state index contributed by atoms with van der Waals surface area (Å²) in [5.41, 5.74) is 6.63. The lowest BCUT2D eigenvalue weighted by Gasteiger charge is -2.19. The molecule has 70 valence electrons.